The molecule has 11 heteroatoms. The van der Waals surface area contributed by atoms with E-state index in [1.807, 2.05) is 0 Å². The number of hydrogen-bond donors (Lipinski definition) is 2. The highest BCUT2D eigenvalue weighted by molar-refractivity contribution is 7.89. The summed E-state index contributed by atoms with van der Waals surface area (Å²) >= 11 is 0. The van der Waals surface area contributed by atoms with E-state index in [0.29, 0.717) is 18.2 Å². The molecular weight excluding hydrogens is 305 g/mol. The molecule has 2 N–H and O–H groups in total. The second kappa shape index (κ2) is 5.73. The zero-order valence-corrected chi connectivity index (χ0v) is 10.5. The molecule has 0 aliphatic carbocycles. The number of halogens is 3. The van der Waals surface area contributed by atoms with Crippen LogP contribution in [0.4, 0.5) is 18.9 Å². The summed E-state index contributed by atoms with van der Waals surface area (Å²) in [5.74, 6) is -4.94. The summed E-state index contributed by atoms with van der Waals surface area (Å²) in [5, 5.41) is 18.8. The molecule has 0 radical (unpaired) electrons. The second-order valence-corrected chi connectivity index (χ2v) is 5.48. The Morgan fingerprint density at radius 2 is 2.00 bits per heavy atom. The first-order chi connectivity index (χ1) is 9.09. The molecule has 20 heavy (non-hydrogen) atoms. The molecular formula is C9H9F3N2O5S. The van der Waals surface area contributed by atoms with Gasteiger partial charge in [-0.15, -0.1) is 0 Å². The van der Waals surface area contributed by atoms with Crippen LogP contribution in [0.5, 0.6) is 0 Å². The van der Waals surface area contributed by atoms with Gasteiger partial charge in [0.05, 0.1) is 16.4 Å². The lowest BCUT2D eigenvalue weighted by Gasteiger charge is -2.14. The van der Waals surface area contributed by atoms with E-state index in [4.69, 9.17) is 5.11 Å². The van der Waals surface area contributed by atoms with Crippen LogP contribution in [-0.4, -0.2) is 37.5 Å². The van der Waals surface area contributed by atoms with Gasteiger partial charge in [0.15, 0.2) is 0 Å². The summed E-state index contributed by atoms with van der Waals surface area (Å²) in [7, 11) is -4.49. The van der Waals surface area contributed by atoms with Gasteiger partial charge in [-0.1, -0.05) is 0 Å². The number of nitrogens with one attached hydrogen (secondary N) is 1. The van der Waals surface area contributed by atoms with Crippen LogP contribution in [-0.2, 0) is 10.0 Å². The molecule has 112 valence electrons. The van der Waals surface area contributed by atoms with Gasteiger partial charge in [0.2, 0.25) is 15.8 Å². The molecule has 0 aliphatic rings. The largest absolute Gasteiger partial charge is 0.390 e. The summed E-state index contributed by atoms with van der Waals surface area (Å²) in [5.41, 5.74) is -1.10. The molecule has 1 rings (SSSR count). The Balaban J connectivity index is 3.05. The molecule has 1 aromatic carbocycles. The van der Waals surface area contributed by atoms with E-state index in [1.54, 1.807) is 0 Å². The maximum atomic E-state index is 13.0. The number of nitro groups is 1. The van der Waals surface area contributed by atoms with Gasteiger partial charge in [-0.05, 0) is 12.1 Å². The van der Waals surface area contributed by atoms with Crippen LogP contribution in [0, 0.1) is 15.9 Å². The van der Waals surface area contributed by atoms with Crippen molar-refractivity contribution < 1.29 is 31.6 Å². The molecule has 0 saturated carbocycles. The molecule has 0 bridgehead atoms. The molecule has 0 aliphatic heterocycles. The Bertz CT molecular complexity index is 620. The summed E-state index contributed by atoms with van der Waals surface area (Å²) in [4.78, 5) is 8.58. The minimum atomic E-state index is -4.49. The lowest BCUT2D eigenvalue weighted by atomic mass is 10.3. The number of sulfonamides is 1. The highest BCUT2D eigenvalue weighted by atomic mass is 32.2. The lowest BCUT2D eigenvalue weighted by Crippen LogP contribution is -2.38. The minimum Gasteiger partial charge on any atom is -0.390 e. The molecule has 0 fully saturated rings. The van der Waals surface area contributed by atoms with Gasteiger partial charge < -0.3 is 5.11 Å². The third-order valence-electron chi connectivity index (χ3n) is 2.18. The van der Waals surface area contributed by atoms with Crippen LogP contribution in [0.15, 0.2) is 23.1 Å². The number of aliphatic hydroxyl groups is 1. The fourth-order valence-corrected chi connectivity index (χ4v) is 2.22. The summed E-state index contributed by atoms with van der Waals surface area (Å²) < 4.78 is 63.2. The topological polar surface area (TPSA) is 110 Å². The summed E-state index contributed by atoms with van der Waals surface area (Å²) in [6.45, 7) is -2.96. The molecule has 0 atom stereocenters. The predicted molar refractivity (Wildman–Crippen MR) is 60.3 cm³/mol. The van der Waals surface area contributed by atoms with E-state index < -0.39 is 50.4 Å². The Hall–Kier alpha value is -1.72. The lowest BCUT2D eigenvalue weighted by molar-refractivity contribution is -0.387. The van der Waals surface area contributed by atoms with E-state index >= 15 is 0 Å². The smallest absolute Gasteiger partial charge is 0.306 e. The maximum Gasteiger partial charge on any atom is 0.306 e. The highest BCUT2D eigenvalue weighted by Gasteiger charge is 2.31. The van der Waals surface area contributed by atoms with Crippen LogP contribution in [0.25, 0.3) is 0 Å². The van der Waals surface area contributed by atoms with Gasteiger partial charge >= 0.3 is 5.69 Å². The van der Waals surface area contributed by atoms with Gasteiger partial charge in [-0.25, -0.2) is 21.9 Å². The van der Waals surface area contributed by atoms with E-state index in [2.05, 4.69) is 0 Å². The van der Waals surface area contributed by atoms with E-state index in [9.17, 15) is 31.7 Å². The van der Waals surface area contributed by atoms with Gasteiger partial charge in [0.25, 0.3) is 5.92 Å². The van der Waals surface area contributed by atoms with E-state index in [0.717, 1.165) is 0 Å². The Morgan fingerprint density at radius 3 is 2.50 bits per heavy atom. The van der Waals surface area contributed by atoms with Crippen LogP contribution in [0.2, 0.25) is 0 Å². The average molecular weight is 314 g/mol. The van der Waals surface area contributed by atoms with Crippen LogP contribution >= 0.6 is 0 Å². The Kier molecular flexibility index (Phi) is 4.68. The number of nitro benzene ring substituents is 1. The van der Waals surface area contributed by atoms with E-state index in [-0.39, 0.29) is 0 Å². The van der Waals surface area contributed by atoms with Gasteiger partial charge in [0.1, 0.15) is 6.61 Å². The van der Waals surface area contributed by atoms with Crippen molar-refractivity contribution in [1.82, 2.24) is 4.72 Å². The average Bonchev–Trinajstić information content (AvgIpc) is 2.36. The van der Waals surface area contributed by atoms with Gasteiger partial charge in [-0.3, -0.25) is 10.1 Å². The number of aliphatic hydroxyl groups excluding tert-OH is 1. The number of nitrogens with zero attached hydrogens (tertiary/aromatic N) is 1. The molecule has 0 spiro atoms. The predicted octanol–water partition coefficient (Wildman–Crippen LogP) is 0.640. The van der Waals surface area contributed by atoms with Crippen molar-refractivity contribution in [3.05, 3.63) is 34.1 Å². The minimum absolute atomic E-state index is 0.411. The van der Waals surface area contributed by atoms with Crippen molar-refractivity contribution >= 4 is 15.7 Å². The van der Waals surface area contributed by atoms with Crippen LogP contribution < -0.4 is 4.72 Å². The van der Waals surface area contributed by atoms with E-state index in [1.165, 1.54) is 4.72 Å². The van der Waals surface area contributed by atoms with Crippen LogP contribution in [0.3, 0.4) is 0 Å². The molecule has 7 nitrogen and oxygen atoms in total. The first-order valence-corrected chi connectivity index (χ1v) is 6.50. The molecule has 1 aromatic rings. The van der Waals surface area contributed by atoms with Crippen molar-refractivity contribution in [3.63, 3.8) is 0 Å². The summed E-state index contributed by atoms with van der Waals surface area (Å²) in [6, 6.07) is 1.65. The SMILES string of the molecule is O=[N+]([O-])c1cc(S(=O)(=O)NCC(F)(F)CO)ccc1F. The van der Waals surface area contributed by atoms with Crippen molar-refractivity contribution in [2.75, 3.05) is 13.2 Å². The van der Waals surface area contributed by atoms with Crippen LogP contribution in [0.1, 0.15) is 0 Å². The molecule has 0 unspecified atom stereocenters. The Labute approximate surface area is 111 Å². The number of rotatable bonds is 6. The van der Waals surface area contributed by atoms with Crippen molar-refractivity contribution in [3.8, 4) is 0 Å². The molecule has 0 saturated heterocycles. The van der Waals surface area contributed by atoms with Gasteiger partial charge in [-0.2, -0.15) is 4.39 Å². The second-order valence-electron chi connectivity index (χ2n) is 3.71. The monoisotopic (exact) mass is 314 g/mol. The zero-order chi connectivity index (χ0) is 15.6. The van der Waals surface area contributed by atoms with Gasteiger partial charge in [0, 0.05) is 6.07 Å². The van der Waals surface area contributed by atoms with Crippen molar-refractivity contribution in [2.24, 2.45) is 0 Å². The molecule has 0 aromatic heterocycles. The molecule has 0 amide bonds. The fourth-order valence-electron chi connectivity index (χ4n) is 1.14. The third-order valence-corrected chi connectivity index (χ3v) is 3.58. The Morgan fingerprint density at radius 1 is 1.40 bits per heavy atom. The number of benzene rings is 1. The maximum absolute atomic E-state index is 13.0. The first kappa shape index (κ1) is 16.3. The standard InChI is InChI=1S/C9H9F3N2O5S/c10-7-2-1-6(3-8(7)14(16)17)20(18,19)13-4-9(11,12)5-15/h1-3,13,15H,4-5H2. The first-order valence-electron chi connectivity index (χ1n) is 5.01. The van der Waals surface area contributed by atoms with Crippen molar-refractivity contribution in [2.45, 2.75) is 10.8 Å². The zero-order valence-electron chi connectivity index (χ0n) is 9.72. The number of hydrogen-bond acceptors (Lipinski definition) is 5. The number of alkyl halides is 2. The normalized spacial score (nSPS) is 12.4. The summed E-state index contributed by atoms with van der Waals surface area (Å²) in [6.07, 6.45) is 0. The fraction of sp³-hybridized carbons (Fsp3) is 0.333. The van der Waals surface area contributed by atoms with Crippen molar-refractivity contribution in [1.29, 1.82) is 0 Å². The highest BCUT2D eigenvalue weighted by Crippen LogP contribution is 2.22. The third kappa shape index (κ3) is 3.88. The molecule has 0 heterocycles. The quantitative estimate of drug-likeness (QED) is 0.591.